The zero-order chi connectivity index (χ0) is 35.6. The van der Waals surface area contributed by atoms with Gasteiger partial charge in [0.1, 0.15) is 7.05 Å². The van der Waals surface area contributed by atoms with E-state index in [2.05, 4.69) is 192 Å². The second kappa shape index (κ2) is 15.0. The molecule has 52 heavy (non-hydrogen) atoms. The van der Waals surface area contributed by atoms with Gasteiger partial charge in [-0.25, -0.2) is 4.57 Å². The van der Waals surface area contributed by atoms with Crippen molar-refractivity contribution in [3.8, 4) is 0 Å². The Labute approximate surface area is 315 Å². The first-order valence-electron chi connectivity index (χ1n) is 18.1. The van der Waals surface area contributed by atoms with Gasteiger partial charge in [0, 0.05) is 94.3 Å². The fourth-order valence-corrected chi connectivity index (χ4v) is 9.76. The smallest absolute Gasteiger partial charge is 0.212 e. The molecule has 4 nitrogen and oxygen atoms in total. The summed E-state index contributed by atoms with van der Waals surface area (Å²) in [6, 6.07) is 28.9. The maximum atomic E-state index is 2.51. The number of allylic oxidation sites excluding steroid dienone is 5. The monoisotopic (exact) mass is 717 g/mol. The predicted molar refractivity (Wildman–Crippen MR) is 227 cm³/mol. The van der Waals surface area contributed by atoms with Crippen molar-refractivity contribution in [3.63, 3.8) is 0 Å². The summed E-state index contributed by atoms with van der Waals surface area (Å²) in [5.74, 6) is 2.11. The fraction of sp³-hybridized carbons (Fsp3) is 0.196. The Bertz CT molecular complexity index is 2480. The van der Waals surface area contributed by atoms with Gasteiger partial charge in [-0.05, 0) is 54.8 Å². The molecule has 0 spiro atoms. The number of rotatable bonds is 11. The Kier molecular flexibility index (Phi) is 9.85. The third kappa shape index (κ3) is 6.50. The average molecular weight is 718 g/mol. The van der Waals surface area contributed by atoms with E-state index in [1.165, 1.54) is 71.9 Å². The van der Waals surface area contributed by atoms with Crippen LogP contribution in [-0.4, -0.2) is 38.6 Å². The van der Waals surface area contributed by atoms with Crippen molar-refractivity contribution in [1.82, 2.24) is 14.0 Å². The molecule has 0 saturated heterocycles. The van der Waals surface area contributed by atoms with Crippen molar-refractivity contribution in [1.29, 1.82) is 0 Å². The Morgan fingerprint density at radius 2 is 1.27 bits per heavy atom. The molecule has 1 aliphatic heterocycles. The Morgan fingerprint density at radius 3 is 1.94 bits per heavy atom. The van der Waals surface area contributed by atoms with E-state index in [1.54, 1.807) is 0 Å². The van der Waals surface area contributed by atoms with Gasteiger partial charge in [0.05, 0.1) is 11.4 Å². The van der Waals surface area contributed by atoms with Crippen LogP contribution in [0.1, 0.15) is 28.1 Å². The van der Waals surface area contributed by atoms with Gasteiger partial charge in [-0.3, -0.25) is 0 Å². The van der Waals surface area contributed by atoms with Crippen molar-refractivity contribution in [3.05, 3.63) is 167 Å². The van der Waals surface area contributed by atoms with Crippen molar-refractivity contribution < 1.29 is 4.57 Å². The summed E-state index contributed by atoms with van der Waals surface area (Å²) >= 11 is 0. The van der Waals surface area contributed by atoms with Crippen molar-refractivity contribution in [2.45, 2.75) is 33.0 Å². The third-order valence-corrected chi connectivity index (χ3v) is 13.0. The average Bonchev–Trinajstić information content (AvgIpc) is 3.60. The van der Waals surface area contributed by atoms with Crippen LogP contribution in [-0.2, 0) is 20.1 Å². The lowest BCUT2D eigenvalue weighted by atomic mass is 9.92. The maximum absolute atomic E-state index is 2.51. The molecule has 8 rings (SSSR count). The number of pyridine rings is 1. The molecule has 2 aliphatic rings. The molecule has 3 aromatic heterocycles. The van der Waals surface area contributed by atoms with Crippen molar-refractivity contribution in [2.75, 3.05) is 18.6 Å². The standard InChI is InChI=1S/C46H45N4S2/c1-33-37(23-21-35-25-27-47(3)43-17-9-5-13-39(35)43)41-15-7-11-19-45(41)49(33)29-31-51-52-32-30-50-34(2)38(42-16-8-12-20-46(42)50)24-22-36-26-28-48(4)44-18-10-6-14-40(36)44/h5-28,43H,29-32H2,1-4H3/q+1/b23-21+. The number of hydrogen-bond acceptors (Lipinski definition) is 3. The van der Waals surface area contributed by atoms with E-state index in [0.717, 1.165) is 24.6 Å². The second-order valence-electron chi connectivity index (χ2n) is 13.6. The molecule has 0 saturated carbocycles. The summed E-state index contributed by atoms with van der Waals surface area (Å²) in [5.41, 5.74) is 13.0. The van der Waals surface area contributed by atoms with E-state index in [9.17, 15) is 0 Å². The number of para-hydroxylation sites is 3. The first-order chi connectivity index (χ1) is 25.5. The van der Waals surface area contributed by atoms with Crippen molar-refractivity contribution >= 4 is 72.5 Å². The summed E-state index contributed by atoms with van der Waals surface area (Å²) in [5, 5.41) is 3.90. The van der Waals surface area contributed by atoms with Crippen LogP contribution in [0.25, 0.3) is 50.9 Å². The molecule has 6 aromatic rings. The summed E-state index contributed by atoms with van der Waals surface area (Å²) in [6.07, 6.45) is 24.6. The molecule has 0 N–H and O–H groups in total. The highest BCUT2D eigenvalue weighted by atomic mass is 33.1. The van der Waals surface area contributed by atoms with Gasteiger partial charge in [-0.2, -0.15) is 0 Å². The largest absolute Gasteiger partial charge is 0.370 e. The van der Waals surface area contributed by atoms with Crippen LogP contribution in [0.4, 0.5) is 0 Å². The number of fused-ring (bicyclic) bond motifs is 4. The minimum absolute atomic E-state index is 0.301. The lowest BCUT2D eigenvalue weighted by Gasteiger charge is -2.31. The number of aromatic nitrogens is 3. The van der Waals surface area contributed by atoms with Crippen LogP contribution in [0.2, 0.25) is 0 Å². The maximum Gasteiger partial charge on any atom is 0.212 e. The lowest BCUT2D eigenvalue weighted by Crippen LogP contribution is -2.30. The summed E-state index contributed by atoms with van der Waals surface area (Å²) in [6.45, 7) is 6.51. The van der Waals surface area contributed by atoms with Crippen LogP contribution in [0, 0.1) is 13.8 Å². The molecule has 0 radical (unpaired) electrons. The topological polar surface area (TPSA) is 17.0 Å². The van der Waals surface area contributed by atoms with Crippen molar-refractivity contribution in [2.24, 2.45) is 7.05 Å². The fourth-order valence-electron chi connectivity index (χ4n) is 7.86. The number of nitrogens with zero attached hydrogens (tertiary/aromatic N) is 4. The molecule has 1 unspecified atom stereocenters. The highest BCUT2D eigenvalue weighted by Gasteiger charge is 2.20. The molecule has 0 fully saturated rings. The molecule has 0 bridgehead atoms. The van der Waals surface area contributed by atoms with E-state index in [4.69, 9.17) is 0 Å². The molecule has 1 aliphatic carbocycles. The number of benzene rings is 3. The highest BCUT2D eigenvalue weighted by molar-refractivity contribution is 8.76. The number of hydrogen-bond donors (Lipinski definition) is 0. The van der Waals surface area contributed by atoms with Gasteiger partial charge in [0.15, 0.2) is 6.20 Å². The normalized spacial score (nSPS) is 15.8. The quantitative estimate of drug-likeness (QED) is 0.0755. The molecule has 4 heterocycles. The van der Waals surface area contributed by atoms with Crippen LogP contribution < -0.4 is 4.57 Å². The third-order valence-electron chi connectivity index (χ3n) is 10.6. The molecular weight excluding hydrogens is 673 g/mol. The zero-order valence-corrected chi connectivity index (χ0v) is 32.0. The highest BCUT2D eigenvalue weighted by Crippen LogP contribution is 2.33. The van der Waals surface area contributed by atoms with Gasteiger partial charge in [0.2, 0.25) is 5.52 Å². The van der Waals surface area contributed by atoms with Crippen LogP contribution in [0.5, 0.6) is 0 Å². The summed E-state index contributed by atoms with van der Waals surface area (Å²) < 4.78 is 7.20. The molecule has 1 atom stereocenters. The van der Waals surface area contributed by atoms with E-state index in [0.29, 0.717) is 6.04 Å². The van der Waals surface area contributed by atoms with Gasteiger partial charge < -0.3 is 14.0 Å². The minimum atomic E-state index is 0.301. The first-order valence-corrected chi connectivity index (χ1v) is 20.6. The van der Waals surface area contributed by atoms with Gasteiger partial charge in [0.25, 0.3) is 0 Å². The Hall–Kier alpha value is -4.91. The second-order valence-corrected chi connectivity index (χ2v) is 16.3. The van der Waals surface area contributed by atoms with Gasteiger partial charge >= 0.3 is 0 Å². The molecule has 260 valence electrons. The SMILES string of the molecule is Cc1c(/C=C/C2=C3C=CC=CC3N(C)C=C2)c2ccccc2n1CCSSCCn1c(C)c(/C=C/c2cc[n+](C)c3ccccc23)c2ccccc21. The Morgan fingerprint density at radius 1 is 0.673 bits per heavy atom. The van der Waals surface area contributed by atoms with E-state index in [-0.39, 0.29) is 0 Å². The molecule has 3 aromatic carbocycles. The van der Waals surface area contributed by atoms with Gasteiger partial charge in [-0.1, -0.05) is 119 Å². The summed E-state index contributed by atoms with van der Waals surface area (Å²) in [4.78, 5) is 2.27. The molecular formula is C46H45N4S2+. The first kappa shape index (κ1) is 34.2. The van der Waals surface area contributed by atoms with Crippen LogP contribution in [0.3, 0.4) is 0 Å². The van der Waals surface area contributed by atoms with E-state index in [1.807, 2.05) is 21.6 Å². The van der Waals surface area contributed by atoms with E-state index < -0.39 is 0 Å². The number of aryl methyl sites for hydroxylation is 3. The molecule has 0 amide bonds. The Balaban J connectivity index is 0.940. The minimum Gasteiger partial charge on any atom is -0.370 e. The van der Waals surface area contributed by atoms with Crippen LogP contribution in [0.15, 0.2) is 139 Å². The van der Waals surface area contributed by atoms with E-state index >= 15 is 0 Å². The van der Waals surface area contributed by atoms with Crippen LogP contribution >= 0.6 is 21.6 Å². The predicted octanol–water partition coefficient (Wildman–Crippen LogP) is 10.7. The summed E-state index contributed by atoms with van der Waals surface area (Å²) in [7, 11) is 8.22. The molecule has 6 heteroatoms. The van der Waals surface area contributed by atoms with Gasteiger partial charge in [-0.15, -0.1) is 0 Å². The number of likely N-dealkylation sites (N-methyl/N-ethyl adjacent to an activating group) is 1. The lowest BCUT2D eigenvalue weighted by molar-refractivity contribution is -0.644. The zero-order valence-electron chi connectivity index (χ0n) is 30.4.